The molecule has 1 heterocycles. The number of aromatic nitrogens is 3. The van der Waals surface area contributed by atoms with Crippen LogP contribution in [-0.4, -0.2) is 32.1 Å². The molecule has 0 saturated heterocycles. The van der Waals surface area contributed by atoms with Gasteiger partial charge in [0.25, 0.3) is 0 Å². The zero-order valence-corrected chi connectivity index (χ0v) is 10.6. The van der Waals surface area contributed by atoms with Crippen LogP contribution in [0, 0.1) is 5.92 Å². The van der Waals surface area contributed by atoms with E-state index in [0.29, 0.717) is 11.7 Å². The average molecular weight is 252 g/mol. The van der Waals surface area contributed by atoms with Crippen molar-refractivity contribution >= 4 is 5.97 Å². The zero-order valence-electron chi connectivity index (χ0n) is 10.6. The number of nitrogens with two attached hydrogens (primary N) is 1. The average Bonchev–Trinajstić information content (AvgIpc) is 2.78. The van der Waals surface area contributed by atoms with Crippen LogP contribution in [0.15, 0.2) is 6.20 Å². The fraction of sp³-hybridized carbons (Fsp3) is 0.750. The summed E-state index contributed by atoms with van der Waals surface area (Å²) >= 11 is 0. The Bertz CT molecular complexity index is 410. The van der Waals surface area contributed by atoms with Gasteiger partial charge in [-0.3, -0.25) is 4.79 Å². The van der Waals surface area contributed by atoms with Gasteiger partial charge in [0, 0.05) is 12.6 Å². The van der Waals surface area contributed by atoms with Gasteiger partial charge in [0.05, 0.1) is 11.7 Å². The molecule has 1 aliphatic rings. The van der Waals surface area contributed by atoms with Crippen molar-refractivity contribution in [2.75, 3.05) is 0 Å². The Morgan fingerprint density at radius 1 is 1.56 bits per heavy atom. The van der Waals surface area contributed by atoms with Gasteiger partial charge in [0.15, 0.2) is 0 Å². The van der Waals surface area contributed by atoms with Gasteiger partial charge in [-0.1, -0.05) is 12.1 Å². The predicted molar refractivity (Wildman–Crippen MR) is 66.0 cm³/mol. The van der Waals surface area contributed by atoms with Crippen molar-refractivity contribution in [3.8, 4) is 0 Å². The van der Waals surface area contributed by atoms with E-state index in [9.17, 15) is 4.79 Å². The molecule has 1 unspecified atom stereocenters. The molecule has 0 spiro atoms. The maximum atomic E-state index is 10.7. The van der Waals surface area contributed by atoms with E-state index < -0.39 is 12.0 Å². The third kappa shape index (κ3) is 3.07. The van der Waals surface area contributed by atoms with Gasteiger partial charge in [0.2, 0.25) is 0 Å². The number of carboxylic acid groups (broad SMARTS) is 1. The van der Waals surface area contributed by atoms with Crippen molar-refractivity contribution in [1.82, 2.24) is 15.0 Å². The molecule has 1 atom stereocenters. The molecule has 6 heteroatoms. The molecule has 100 valence electrons. The summed E-state index contributed by atoms with van der Waals surface area (Å²) in [6.07, 6.45) is 6.74. The van der Waals surface area contributed by atoms with E-state index in [1.165, 1.54) is 12.8 Å². The van der Waals surface area contributed by atoms with E-state index in [-0.39, 0.29) is 6.42 Å². The first-order valence-electron chi connectivity index (χ1n) is 6.45. The highest BCUT2D eigenvalue weighted by atomic mass is 16.4. The first-order chi connectivity index (χ1) is 8.56. The third-order valence-corrected chi connectivity index (χ3v) is 3.66. The topological polar surface area (TPSA) is 94.0 Å². The van der Waals surface area contributed by atoms with Crippen molar-refractivity contribution in [2.24, 2.45) is 11.7 Å². The lowest BCUT2D eigenvalue weighted by molar-refractivity contribution is -0.138. The standard InChI is InChI=1S/C12H20N4O2/c1-8-2-4-10(5-3-8)16-7-9(14-15-16)6-11(13)12(17)18/h7-8,10-11H,2-6,13H2,1H3,(H,17,18). The number of hydrogen-bond donors (Lipinski definition) is 2. The minimum atomic E-state index is -1.00. The highest BCUT2D eigenvalue weighted by Crippen LogP contribution is 2.31. The molecule has 6 nitrogen and oxygen atoms in total. The second-order valence-electron chi connectivity index (χ2n) is 5.25. The van der Waals surface area contributed by atoms with E-state index in [4.69, 9.17) is 10.8 Å². The van der Waals surface area contributed by atoms with Gasteiger partial charge in [0.1, 0.15) is 6.04 Å². The SMILES string of the molecule is CC1CCC(n2cc(CC(N)C(=O)O)nn2)CC1. The molecule has 2 rings (SSSR count). The number of nitrogens with zero attached hydrogens (tertiary/aromatic N) is 3. The second-order valence-corrected chi connectivity index (χ2v) is 5.25. The highest BCUT2D eigenvalue weighted by molar-refractivity contribution is 5.73. The number of carbonyl (C=O) groups is 1. The lowest BCUT2D eigenvalue weighted by Gasteiger charge is -2.25. The Balaban J connectivity index is 1.95. The normalized spacial score (nSPS) is 25.9. The Morgan fingerprint density at radius 3 is 2.83 bits per heavy atom. The summed E-state index contributed by atoms with van der Waals surface area (Å²) in [5, 5.41) is 16.8. The maximum absolute atomic E-state index is 10.7. The molecule has 0 radical (unpaired) electrons. The Labute approximate surface area is 106 Å². The summed E-state index contributed by atoms with van der Waals surface area (Å²) in [6.45, 7) is 2.27. The van der Waals surface area contributed by atoms with Gasteiger partial charge in [-0.2, -0.15) is 0 Å². The van der Waals surface area contributed by atoms with Crippen LogP contribution in [0.5, 0.6) is 0 Å². The highest BCUT2D eigenvalue weighted by Gasteiger charge is 2.21. The summed E-state index contributed by atoms with van der Waals surface area (Å²) in [4.78, 5) is 10.7. The first-order valence-corrected chi connectivity index (χ1v) is 6.45. The molecule has 3 N–H and O–H groups in total. The van der Waals surface area contributed by atoms with Crippen LogP contribution in [0.25, 0.3) is 0 Å². The monoisotopic (exact) mass is 252 g/mol. The maximum Gasteiger partial charge on any atom is 0.320 e. The molecule has 0 aliphatic heterocycles. The van der Waals surface area contributed by atoms with Gasteiger partial charge in [-0.15, -0.1) is 5.10 Å². The van der Waals surface area contributed by atoms with Crippen LogP contribution in [0.4, 0.5) is 0 Å². The molecule has 18 heavy (non-hydrogen) atoms. The molecular weight excluding hydrogens is 232 g/mol. The van der Waals surface area contributed by atoms with Crippen molar-refractivity contribution < 1.29 is 9.90 Å². The van der Waals surface area contributed by atoms with Crippen LogP contribution in [0.2, 0.25) is 0 Å². The zero-order chi connectivity index (χ0) is 13.1. The molecule has 0 amide bonds. The number of aliphatic carboxylic acids is 1. The summed E-state index contributed by atoms with van der Waals surface area (Å²) in [5.41, 5.74) is 6.13. The minimum absolute atomic E-state index is 0.235. The third-order valence-electron chi connectivity index (χ3n) is 3.66. The smallest absolute Gasteiger partial charge is 0.320 e. The molecule has 0 bridgehead atoms. The lowest BCUT2D eigenvalue weighted by atomic mass is 9.87. The van der Waals surface area contributed by atoms with Crippen LogP contribution < -0.4 is 5.73 Å². The van der Waals surface area contributed by atoms with E-state index >= 15 is 0 Å². The number of hydrogen-bond acceptors (Lipinski definition) is 4. The Kier molecular flexibility index (Phi) is 3.96. The number of rotatable bonds is 4. The number of carboxylic acids is 1. The minimum Gasteiger partial charge on any atom is -0.480 e. The molecular formula is C12H20N4O2. The molecule has 1 aromatic rings. The van der Waals surface area contributed by atoms with Crippen LogP contribution in [0.3, 0.4) is 0 Å². The molecule has 1 fully saturated rings. The molecule has 1 aliphatic carbocycles. The Hall–Kier alpha value is -1.43. The predicted octanol–water partition coefficient (Wildman–Crippen LogP) is 0.984. The fourth-order valence-electron chi connectivity index (χ4n) is 2.41. The van der Waals surface area contributed by atoms with E-state index in [1.54, 1.807) is 0 Å². The summed E-state index contributed by atoms with van der Waals surface area (Å²) in [6, 6.07) is -0.495. The first kappa shape index (κ1) is 13.0. The van der Waals surface area contributed by atoms with E-state index in [1.807, 2.05) is 10.9 Å². The van der Waals surface area contributed by atoms with Crippen molar-refractivity contribution in [2.45, 2.75) is 51.1 Å². The lowest BCUT2D eigenvalue weighted by Crippen LogP contribution is -2.32. The van der Waals surface area contributed by atoms with Crippen molar-refractivity contribution in [3.63, 3.8) is 0 Å². The fourth-order valence-corrected chi connectivity index (χ4v) is 2.41. The summed E-state index contributed by atoms with van der Waals surface area (Å²) < 4.78 is 1.87. The summed E-state index contributed by atoms with van der Waals surface area (Å²) in [7, 11) is 0. The van der Waals surface area contributed by atoms with E-state index in [0.717, 1.165) is 18.8 Å². The van der Waals surface area contributed by atoms with Gasteiger partial charge >= 0.3 is 5.97 Å². The second kappa shape index (κ2) is 5.48. The van der Waals surface area contributed by atoms with Crippen molar-refractivity contribution in [1.29, 1.82) is 0 Å². The molecule has 1 aromatic heterocycles. The molecule has 1 saturated carbocycles. The van der Waals surface area contributed by atoms with Crippen LogP contribution in [-0.2, 0) is 11.2 Å². The quantitative estimate of drug-likeness (QED) is 0.833. The molecule has 0 aromatic carbocycles. The van der Waals surface area contributed by atoms with E-state index in [2.05, 4.69) is 17.2 Å². The van der Waals surface area contributed by atoms with Crippen LogP contribution in [0.1, 0.15) is 44.3 Å². The van der Waals surface area contributed by atoms with Gasteiger partial charge in [-0.25, -0.2) is 4.68 Å². The largest absolute Gasteiger partial charge is 0.480 e. The van der Waals surface area contributed by atoms with Crippen LogP contribution >= 0.6 is 0 Å². The van der Waals surface area contributed by atoms with Gasteiger partial charge < -0.3 is 10.8 Å². The summed E-state index contributed by atoms with van der Waals surface area (Å²) in [5.74, 6) is -0.208. The Morgan fingerprint density at radius 2 is 2.22 bits per heavy atom. The van der Waals surface area contributed by atoms with Gasteiger partial charge in [-0.05, 0) is 31.6 Å². The van der Waals surface area contributed by atoms with Crippen molar-refractivity contribution in [3.05, 3.63) is 11.9 Å².